The van der Waals surface area contributed by atoms with Crippen LogP contribution in [-0.4, -0.2) is 21.8 Å². The van der Waals surface area contributed by atoms with Gasteiger partial charge in [0, 0.05) is 0 Å². The van der Waals surface area contributed by atoms with Crippen LogP contribution < -0.4 is 0 Å². The van der Waals surface area contributed by atoms with Crippen molar-refractivity contribution in [3.63, 3.8) is 0 Å². The summed E-state index contributed by atoms with van der Waals surface area (Å²) in [6, 6.07) is 32.9. The standard InChI is InChI=1S/C39H30O4/c1-21(40)36(22(2)41)25-17-18-30-34(19-25)39(32-15-9-7-12-27(32)28-13-8-10-16-33(28)39)35-20-31(37(23(3)42)24(4)43)26-11-5-6-14-29(26)38(30)35/h5-20,40,42H,1-4H3/b36-21+,37-23+. The molecule has 2 aliphatic rings. The summed E-state index contributed by atoms with van der Waals surface area (Å²) in [6.07, 6.45) is 0. The molecule has 2 aliphatic carbocycles. The highest BCUT2D eigenvalue weighted by Crippen LogP contribution is 2.64. The number of Topliss-reactive ketones (excluding diaryl/α,β-unsaturated/α-hetero) is 2. The molecule has 0 unspecified atom stereocenters. The number of rotatable bonds is 4. The van der Waals surface area contributed by atoms with Gasteiger partial charge in [-0.25, -0.2) is 0 Å². The molecule has 0 fully saturated rings. The van der Waals surface area contributed by atoms with Crippen molar-refractivity contribution in [3.8, 4) is 22.3 Å². The molecular formula is C39H30O4. The van der Waals surface area contributed by atoms with Gasteiger partial charge in [0.05, 0.1) is 16.6 Å². The van der Waals surface area contributed by atoms with Gasteiger partial charge in [-0.2, -0.15) is 0 Å². The predicted molar refractivity (Wildman–Crippen MR) is 172 cm³/mol. The first-order valence-corrected chi connectivity index (χ1v) is 14.4. The number of carbonyl (C=O) groups is 2. The molecule has 43 heavy (non-hydrogen) atoms. The Kier molecular flexibility index (Phi) is 5.83. The first kappa shape index (κ1) is 26.7. The number of carbonyl (C=O) groups excluding carboxylic acids is 2. The molecule has 7 rings (SSSR count). The molecule has 5 aromatic rings. The van der Waals surface area contributed by atoms with Gasteiger partial charge in [0.1, 0.15) is 11.5 Å². The number of hydrogen-bond donors (Lipinski definition) is 2. The number of aliphatic hydroxyl groups is 2. The Bertz CT molecular complexity index is 2070. The summed E-state index contributed by atoms with van der Waals surface area (Å²) in [5.74, 6) is -0.462. The normalized spacial score (nSPS) is 14.9. The summed E-state index contributed by atoms with van der Waals surface area (Å²) in [5.41, 5.74) is 9.73. The van der Waals surface area contributed by atoms with Gasteiger partial charge >= 0.3 is 0 Å². The van der Waals surface area contributed by atoms with Crippen molar-refractivity contribution in [2.75, 3.05) is 0 Å². The molecule has 0 aromatic heterocycles. The lowest BCUT2D eigenvalue weighted by molar-refractivity contribution is -0.112. The van der Waals surface area contributed by atoms with Crippen LogP contribution in [0.1, 0.15) is 61.1 Å². The fourth-order valence-electron chi connectivity index (χ4n) is 7.66. The van der Waals surface area contributed by atoms with Crippen LogP contribution >= 0.6 is 0 Å². The number of aliphatic hydroxyl groups excluding tert-OH is 2. The van der Waals surface area contributed by atoms with E-state index >= 15 is 0 Å². The minimum atomic E-state index is -0.761. The van der Waals surface area contributed by atoms with Gasteiger partial charge in [0.15, 0.2) is 11.6 Å². The highest BCUT2D eigenvalue weighted by Gasteiger charge is 2.52. The third-order valence-electron chi connectivity index (χ3n) is 9.08. The molecule has 0 amide bonds. The Morgan fingerprint density at radius 1 is 0.535 bits per heavy atom. The smallest absolute Gasteiger partial charge is 0.163 e. The van der Waals surface area contributed by atoms with Crippen LogP contribution in [0.4, 0.5) is 0 Å². The van der Waals surface area contributed by atoms with E-state index in [4.69, 9.17) is 0 Å². The first-order valence-electron chi connectivity index (χ1n) is 14.4. The second-order valence-corrected chi connectivity index (χ2v) is 11.5. The Balaban J connectivity index is 1.73. The van der Waals surface area contributed by atoms with Crippen molar-refractivity contribution < 1.29 is 19.8 Å². The summed E-state index contributed by atoms with van der Waals surface area (Å²) in [4.78, 5) is 25.8. The SMILES string of the molecule is CC(=O)/C(=C(/C)O)c1ccc2c(c1)C1(c3ccccc3-c3ccccc31)c1cc(/C(C(C)=O)=C(\C)O)c3ccccc3c1-2. The topological polar surface area (TPSA) is 74.6 Å². The quantitative estimate of drug-likeness (QED) is 0.166. The van der Waals surface area contributed by atoms with Gasteiger partial charge in [0.25, 0.3) is 0 Å². The van der Waals surface area contributed by atoms with Gasteiger partial charge in [-0.3, -0.25) is 9.59 Å². The molecule has 2 N–H and O–H groups in total. The predicted octanol–water partition coefficient (Wildman–Crippen LogP) is 8.94. The van der Waals surface area contributed by atoms with Crippen LogP contribution in [0.15, 0.2) is 109 Å². The van der Waals surface area contributed by atoms with E-state index in [0.29, 0.717) is 16.7 Å². The zero-order valence-corrected chi connectivity index (χ0v) is 24.4. The minimum absolute atomic E-state index is 0.0216. The van der Waals surface area contributed by atoms with Crippen LogP contribution in [0.5, 0.6) is 0 Å². The Morgan fingerprint density at radius 3 is 1.63 bits per heavy atom. The lowest BCUT2D eigenvalue weighted by Crippen LogP contribution is -2.26. The van der Waals surface area contributed by atoms with E-state index < -0.39 is 5.41 Å². The summed E-state index contributed by atoms with van der Waals surface area (Å²) in [6.45, 7) is 6.06. The highest BCUT2D eigenvalue weighted by atomic mass is 16.3. The fourth-order valence-corrected chi connectivity index (χ4v) is 7.66. The maximum Gasteiger partial charge on any atom is 0.163 e. The highest BCUT2D eigenvalue weighted by molar-refractivity contribution is 6.25. The summed E-state index contributed by atoms with van der Waals surface area (Å²) in [5, 5.41) is 23.2. The van der Waals surface area contributed by atoms with Crippen molar-refractivity contribution >= 4 is 33.5 Å². The number of fused-ring (bicyclic) bond motifs is 12. The minimum Gasteiger partial charge on any atom is -0.512 e. The van der Waals surface area contributed by atoms with E-state index in [2.05, 4.69) is 48.5 Å². The second kappa shape index (κ2) is 9.40. The van der Waals surface area contributed by atoms with Gasteiger partial charge in [0.2, 0.25) is 0 Å². The van der Waals surface area contributed by atoms with E-state index in [9.17, 15) is 19.8 Å². The molecule has 0 radical (unpaired) electrons. The first-order chi connectivity index (χ1) is 20.7. The van der Waals surface area contributed by atoms with Crippen LogP contribution in [-0.2, 0) is 15.0 Å². The van der Waals surface area contributed by atoms with Crippen molar-refractivity contribution in [1.82, 2.24) is 0 Å². The molecule has 210 valence electrons. The molecule has 0 saturated carbocycles. The molecule has 0 heterocycles. The molecule has 0 aliphatic heterocycles. The average molecular weight is 563 g/mol. The van der Waals surface area contributed by atoms with Gasteiger partial charge in [-0.1, -0.05) is 84.9 Å². The molecule has 4 heteroatoms. The van der Waals surface area contributed by atoms with Crippen molar-refractivity contribution in [2.24, 2.45) is 0 Å². The summed E-state index contributed by atoms with van der Waals surface area (Å²) in [7, 11) is 0. The molecule has 0 bridgehead atoms. The lowest BCUT2D eigenvalue weighted by Gasteiger charge is -2.31. The van der Waals surface area contributed by atoms with E-state index in [1.165, 1.54) is 13.8 Å². The third-order valence-corrected chi connectivity index (χ3v) is 9.08. The van der Waals surface area contributed by atoms with E-state index in [1.54, 1.807) is 13.8 Å². The van der Waals surface area contributed by atoms with Gasteiger partial charge < -0.3 is 10.2 Å². The van der Waals surface area contributed by atoms with E-state index in [0.717, 1.165) is 55.3 Å². The number of allylic oxidation sites excluding steroid dienone is 4. The molecule has 1 spiro atoms. The molecule has 0 atom stereocenters. The van der Waals surface area contributed by atoms with Crippen LogP contribution in [0.25, 0.3) is 44.2 Å². The summed E-state index contributed by atoms with van der Waals surface area (Å²) < 4.78 is 0. The van der Waals surface area contributed by atoms with Crippen molar-refractivity contribution in [1.29, 1.82) is 0 Å². The van der Waals surface area contributed by atoms with Crippen LogP contribution in [0.2, 0.25) is 0 Å². The zero-order valence-electron chi connectivity index (χ0n) is 24.4. The Morgan fingerprint density at radius 2 is 1.07 bits per heavy atom. The Labute approximate surface area is 250 Å². The second-order valence-electron chi connectivity index (χ2n) is 11.5. The van der Waals surface area contributed by atoms with Crippen LogP contribution in [0, 0.1) is 0 Å². The average Bonchev–Trinajstić information content (AvgIpc) is 3.43. The number of benzene rings is 5. The zero-order chi connectivity index (χ0) is 30.2. The summed E-state index contributed by atoms with van der Waals surface area (Å²) >= 11 is 0. The third kappa shape index (κ3) is 3.50. The fraction of sp³-hybridized carbons (Fsp3) is 0.128. The molecule has 0 saturated heterocycles. The van der Waals surface area contributed by atoms with E-state index in [1.807, 2.05) is 48.5 Å². The van der Waals surface area contributed by atoms with Gasteiger partial charge in [-0.05, 0) is 106 Å². The van der Waals surface area contributed by atoms with Crippen molar-refractivity contribution in [2.45, 2.75) is 33.1 Å². The van der Waals surface area contributed by atoms with Gasteiger partial charge in [-0.15, -0.1) is 0 Å². The lowest BCUT2D eigenvalue weighted by atomic mass is 9.69. The van der Waals surface area contributed by atoms with Crippen LogP contribution in [0.3, 0.4) is 0 Å². The number of ketones is 2. The molecule has 5 aromatic carbocycles. The molecular weight excluding hydrogens is 532 g/mol. The maximum absolute atomic E-state index is 13.0. The molecule has 4 nitrogen and oxygen atoms in total. The monoisotopic (exact) mass is 562 g/mol. The Hall–Kier alpha value is -5.22. The van der Waals surface area contributed by atoms with Crippen molar-refractivity contribution in [3.05, 3.63) is 142 Å². The largest absolute Gasteiger partial charge is 0.512 e. The van der Waals surface area contributed by atoms with E-state index in [-0.39, 0.29) is 28.7 Å². The maximum atomic E-state index is 13.0. The number of hydrogen-bond acceptors (Lipinski definition) is 4.